The smallest absolute Gasteiger partial charge is 0.145 e. The van der Waals surface area contributed by atoms with E-state index in [1.807, 2.05) is 12.3 Å². The SMILES string of the molecule is c1ccc2c(c1)[nH]c1ccc(-n3c4ccccc4c4cccnc43)cc12. The summed E-state index contributed by atoms with van der Waals surface area (Å²) < 4.78 is 2.26. The fraction of sp³-hybridized carbons (Fsp3) is 0. The lowest BCUT2D eigenvalue weighted by atomic mass is 10.1. The third-order valence-corrected chi connectivity index (χ3v) is 5.18. The van der Waals surface area contributed by atoms with Crippen LogP contribution in [0.5, 0.6) is 0 Å². The van der Waals surface area contributed by atoms with Crippen LogP contribution in [0.3, 0.4) is 0 Å². The number of fused-ring (bicyclic) bond motifs is 6. The molecule has 0 fully saturated rings. The Morgan fingerprint density at radius 2 is 1.42 bits per heavy atom. The van der Waals surface area contributed by atoms with Crippen molar-refractivity contribution in [3.8, 4) is 5.69 Å². The highest BCUT2D eigenvalue weighted by atomic mass is 15.0. The molecule has 0 unspecified atom stereocenters. The van der Waals surface area contributed by atoms with E-state index in [0.29, 0.717) is 0 Å². The van der Waals surface area contributed by atoms with Crippen molar-refractivity contribution < 1.29 is 0 Å². The highest BCUT2D eigenvalue weighted by Crippen LogP contribution is 2.33. The van der Waals surface area contributed by atoms with E-state index in [1.165, 1.54) is 32.6 Å². The summed E-state index contributed by atoms with van der Waals surface area (Å²) in [4.78, 5) is 8.18. The number of hydrogen-bond donors (Lipinski definition) is 1. The lowest BCUT2D eigenvalue weighted by Crippen LogP contribution is -1.94. The van der Waals surface area contributed by atoms with Gasteiger partial charge in [-0.15, -0.1) is 0 Å². The molecule has 0 saturated carbocycles. The number of rotatable bonds is 1. The second-order valence-corrected chi connectivity index (χ2v) is 6.63. The zero-order chi connectivity index (χ0) is 17.1. The van der Waals surface area contributed by atoms with Crippen LogP contribution in [0.2, 0.25) is 0 Å². The van der Waals surface area contributed by atoms with Crippen LogP contribution < -0.4 is 0 Å². The van der Waals surface area contributed by atoms with Crippen molar-refractivity contribution in [2.45, 2.75) is 0 Å². The maximum Gasteiger partial charge on any atom is 0.145 e. The lowest BCUT2D eigenvalue weighted by molar-refractivity contribution is 1.14. The second kappa shape index (κ2) is 4.96. The predicted molar refractivity (Wildman–Crippen MR) is 108 cm³/mol. The molecule has 6 aromatic rings. The summed E-state index contributed by atoms with van der Waals surface area (Å²) in [6.07, 6.45) is 1.86. The Labute approximate surface area is 149 Å². The summed E-state index contributed by atoms with van der Waals surface area (Å²) in [5.41, 5.74) is 5.63. The number of aromatic amines is 1. The minimum absolute atomic E-state index is 0.993. The van der Waals surface area contributed by atoms with Gasteiger partial charge in [-0.1, -0.05) is 36.4 Å². The molecule has 0 atom stereocenters. The van der Waals surface area contributed by atoms with E-state index in [0.717, 1.165) is 16.9 Å². The van der Waals surface area contributed by atoms with Gasteiger partial charge in [-0.3, -0.25) is 4.57 Å². The molecule has 0 radical (unpaired) electrons. The van der Waals surface area contributed by atoms with Gasteiger partial charge in [0.25, 0.3) is 0 Å². The van der Waals surface area contributed by atoms with E-state index in [1.54, 1.807) is 0 Å². The summed E-state index contributed by atoms with van der Waals surface area (Å²) >= 11 is 0. The van der Waals surface area contributed by atoms with Gasteiger partial charge in [0, 0.05) is 44.5 Å². The fourth-order valence-electron chi connectivity index (χ4n) is 4.03. The molecule has 0 bridgehead atoms. The van der Waals surface area contributed by atoms with E-state index in [-0.39, 0.29) is 0 Å². The molecular weight excluding hydrogens is 318 g/mol. The molecule has 3 heteroatoms. The monoisotopic (exact) mass is 333 g/mol. The van der Waals surface area contributed by atoms with E-state index >= 15 is 0 Å². The number of nitrogens with zero attached hydrogens (tertiary/aromatic N) is 2. The third-order valence-electron chi connectivity index (χ3n) is 5.18. The Morgan fingerprint density at radius 1 is 0.654 bits per heavy atom. The first-order valence-electron chi connectivity index (χ1n) is 8.75. The molecule has 0 amide bonds. The molecule has 3 aromatic heterocycles. The van der Waals surface area contributed by atoms with Crippen molar-refractivity contribution in [3.63, 3.8) is 0 Å². The third kappa shape index (κ3) is 1.74. The largest absolute Gasteiger partial charge is 0.355 e. The van der Waals surface area contributed by atoms with Crippen LogP contribution in [0.1, 0.15) is 0 Å². The van der Waals surface area contributed by atoms with Crippen LogP contribution in [0.25, 0.3) is 49.4 Å². The zero-order valence-corrected chi connectivity index (χ0v) is 14.0. The fourth-order valence-corrected chi connectivity index (χ4v) is 4.03. The maximum absolute atomic E-state index is 4.68. The first-order valence-corrected chi connectivity index (χ1v) is 8.75. The second-order valence-electron chi connectivity index (χ2n) is 6.63. The Hall–Kier alpha value is -3.59. The number of hydrogen-bond acceptors (Lipinski definition) is 1. The number of pyridine rings is 1. The van der Waals surface area contributed by atoms with Crippen LogP contribution >= 0.6 is 0 Å². The van der Waals surface area contributed by atoms with Crippen LogP contribution in [0.15, 0.2) is 85.1 Å². The summed E-state index contributed by atoms with van der Waals surface area (Å²) in [7, 11) is 0. The first kappa shape index (κ1) is 13.7. The van der Waals surface area contributed by atoms with Crippen molar-refractivity contribution in [2.24, 2.45) is 0 Å². The number of para-hydroxylation sites is 2. The van der Waals surface area contributed by atoms with E-state index in [4.69, 9.17) is 0 Å². The van der Waals surface area contributed by atoms with E-state index in [2.05, 4.69) is 87.3 Å². The Morgan fingerprint density at radius 3 is 2.38 bits per heavy atom. The molecule has 3 nitrogen and oxygen atoms in total. The van der Waals surface area contributed by atoms with Gasteiger partial charge in [0.05, 0.1) is 5.52 Å². The molecule has 0 spiro atoms. The van der Waals surface area contributed by atoms with E-state index in [9.17, 15) is 0 Å². The van der Waals surface area contributed by atoms with E-state index < -0.39 is 0 Å². The summed E-state index contributed by atoms with van der Waals surface area (Å²) in [5.74, 6) is 0. The van der Waals surface area contributed by atoms with Gasteiger partial charge in [0.2, 0.25) is 0 Å². The standard InChI is InChI=1S/C23H15N3/c1-3-9-20-16(6-1)19-14-15(11-12-21(19)25-20)26-22-10-4-2-7-17(22)18-8-5-13-24-23(18)26/h1-14,25H. The van der Waals surface area contributed by atoms with Gasteiger partial charge < -0.3 is 4.98 Å². The topological polar surface area (TPSA) is 33.6 Å². The zero-order valence-electron chi connectivity index (χ0n) is 14.0. The molecule has 6 rings (SSSR count). The van der Waals surface area contributed by atoms with Gasteiger partial charge in [-0.05, 0) is 42.5 Å². The average Bonchev–Trinajstić information content (AvgIpc) is 3.23. The van der Waals surface area contributed by atoms with Gasteiger partial charge >= 0.3 is 0 Å². The summed E-state index contributed by atoms with van der Waals surface area (Å²) in [6.45, 7) is 0. The molecule has 0 aliphatic heterocycles. The number of aromatic nitrogens is 3. The molecule has 3 aromatic carbocycles. The number of nitrogens with one attached hydrogen (secondary N) is 1. The molecule has 26 heavy (non-hydrogen) atoms. The van der Waals surface area contributed by atoms with Crippen molar-refractivity contribution in [1.29, 1.82) is 0 Å². The molecule has 1 N–H and O–H groups in total. The van der Waals surface area contributed by atoms with Crippen LogP contribution in [-0.2, 0) is 0 Å². The van der Waals surface area contributed by atoms with Crippen LogP contribution in [0.4, 0.5) is 0 Å². The minimum atomic E-state index is 0.993. The summed E-state index contributed by atoms with van der Waals surface area (Å²) in [5, 5.41) is 4.90. The molecular formula is C23H15N3. The van der Waals surface area contributed by atoms with Crippen molar-refractivity contribution in [1.82, 2.24) is 14.5 Å². The molecule has 3 heterocycles. The van der Waals surface area contributed by atoms with Gasteiger partial charge in [-0.25, -0.2) is 4.98 Å². The number of benzene rings is 3. The molecule has 122 valence electrons. The van der Waals surface area contributed by atoms with Gasteiger partial charge in [0.15, 0.2) is 0 Å². The number of H-pyrrole nitrogens is 1. The molecule has 0 aliphatic rings. The highest BCUT2D eigenvalue weighted by molar-refractivity contribution is 6.10. The Balaban J connectivity index is 1.76. The Bertz CT molecular complexity index is 1380. The van der Waals surface area contributed by atoms with Crippen LogP contribution in [0, 0.1) is 0 Å². The minimum Gasteiger partial charge on any atom is -0.355 e. The van der Waals surface area contributed by atoms with Crippen molar-refractivity contribution in [2.75, 3.05) is 0 Å². The van der Waals surface area contributed by atoms with Crippen molar-refractivity contribution >= 4 is 43.7 Å². The quantitative estimate of drug-likeness (QED) is 0.404. The molecule has 0 saturated heterocycles. The first-order chi connectivity index (χ1) is 12.9. The van der Waals surface area contributed by atoms with Crippen LogP contribution in [-0.4, -0.2) is 14.5 Å². The summed E-state index contributed by atoms with van der Waals surface area (Å²) in [6, 6.07) is 27.7. The maximum atomic E-state index is 4.68. The average molecular weight is 333 g/mol. The highest BCUT2D eigenvalue weighted by Gasteiger charge is 2.13. The van der Waals surface area contributed by atoms with Gasteiger partial charge in [-0.2, -0.15) is 0 Å². The molecule has 0 aliphatic carbocycles. The lowest BCUT2D eigenvalue weighted by Gasteiger charge is -2.07. The van der Waals surface area contributed by atoms with Crippen molar-refractivity contribution in [3.05, 3.63) is 85.1 Å². The Kier molecular flexibility index (Phi) is 2.61. The predicted octanol–water partition coefficient (Wildman–Crippen LogP) is 5.81. The normalized spacial score (nSPS) is 11.8. The van der Waals surface area contributed by atoms with Gasteiger partial charge in [0.1, 0.15) is 5.65 Å².